The van der Waals surface area contributed by atoms with Crippen LogP contribution in [0.25, 0.3) is 0 Å². The summed E-state index contributed by atoms with van der Waals surface area (Å²) in [5.41, 5.74) is 1.12. The van der Waals surface area contributed by atoms with Gasteiger partial charge in [0.1, 0.15) is 0 Å². The van der Waals surface area contributed by atoms with Crippen molar-refractivity contribution >= 4 is 0 Å². The minimum absolute atomic E-state index is 0.246. The van der Waals surface area contributed by atoms with E-state index < -0.39 is 0 Å². The van der Waals surface area contributed by atoms with Gasteiger partial charge in [-0.05, 0) is 97.2 Å². The van der Waals surface area contributed by atoms with Gasteiger partial charge >= 0.3 is 0 Å². The SMILES string of the molecule is CC(C)CCC[C@@H](C)[C@H]1CC[C@H]2[C@@H]3CC[C@H]4[C@H](C)C5(CC[C@]4(C)[C@H]3CC[C@]12C)OCCO5. The van der Waals surface area contributed by atoms with Crippen molar-refractivity contribution < 1.29 is 9.47 Å². The van der Waals surface area contributed by atoms with Crippen LogP contribution in [-0.4, -0.2) is 19.0 Å². The average molecular weight is 445 g/mol. The molecule has 5 rings (SSSR count). The molecule has 4 aliphatic carbocycles. The first-order chi connectivity index (χ1) is 15.2. The molecular weight excluding hydrogens is 392 g/mol. The molecule has 2 nitrogen and oxygen atoms in total. The smallest absolute Gasteiger partial charge is 0.171 e. The molecule has 32 heavy (non-hydrogen) atoms. The highest BCUT2D eigenvalue weighted by atomic mass is 16.7. The fraction of sp³-hybridized carbons (Fsp3) is 1.00. The number of hydrogen-bond acceptors (Lipinski definition) is 2. The minimum Gasteiger partial charge on any atom is -0.347 e. The summed E-state index contributed by atoms with van der Waals surface area (Å²) in [4.78, 5) is 0. The molecule has 0 radical (unpaired) electrons. The van der Waals surface area contributed by atoms with Gasteiger partial charge in [0, 0.05) is 12.3 Å². The van der Waals surface area contributed by atoms with Crippen molar-refractivity contribution in [1.29, 1.82) is 0 Å². The zero-order valence-electron chi connectivity index (χ0n) is 22.1. The van der Waals surface area contributed by atoms with E-state index in [2.05, 4.69) is 41.5 Å². The first-order valence-electron chi connectivity index (χ1n) is 14.5. The molecule has 2 heteroatoms. The van der Waals surface area contributed by atoms with Crippen molar-refractivity contribution in [2.75, 3.05) is 13.2 Å². The first-order valence-corrected chi connectivity index (χ1v) is 14.5. The van der Waals surface area contributed by atoms with E-state index >= 15 is 0 Å². The lowest BCUT2D eigenvalue weighted by Gasteiger charge is -2.63. The Balaban J connectivity index is 1.30. The Morgan fingerprint density at radius 3 is 2.16 bits per heavy atom. The van der Waals surface area contributed by atoms with Gasteiger partial charge in [-0.2, -0.15) is 0 Å². The van der Waals surface area contributed by atoms with Crippen molar-refractivity contribution in [2.45, 2.75) is 118 Å². The molecule has 0 aromatic carbocycles. The van der Waals surface area contributed by atoms with Crippen LogP contribution in [0.2, 0.25) is 0 Å². The molecule has 9 atom stereocenters. The monoisotopic (exact) mass is 444 g/mol. The summed E-state index contributed by atoms with van der Waals surface area (Å²) in [7, 11) is 0. The lowest BCUT2D eigenvalue weighted by atomic mass is 9.43. The fourth-order valence-corrected chi connectivity index (χ4v) is 10.6. The van der Waals surface area contributed by atoms with E-state index in [-0.39, 0.29) is 5.79 Å². The van der Waals surface area contributed by atoms with E-state index in [4.69, 9.17) is 9.47 Å². The van der Waals surface area contributed by atoms with Gasteiger partial charge in [0.25, 0.3) is 0 Å². The molecule has 5 aliphatic rings. The quantitative estimate of drug-likeness (QED) is 0.426. The van der Waals surface area contributed by atoms with Crippen LogP contribution in [0, 0.1) is 58.2 Å². The highest BCUT2D eigenvalue weighted by molar-refractivity contribution is 5.11. The molecule has 5 fully saturated rings. The molecule has 184 valence electrons. The van der Waals surface area contributed by atoms with Crippen LogP contribution in [0.15, 0.2) is 0 Å². The second-order valence-electron chi connectivity index (χ2n) is 13.9. The first kappa shape index (κ1) is 23.7. The topological polar surface area (TPSA) is 18.5 Å². The zero-order valence-corrected chi connectivity index (χ0v) is 22.1. The predicted molar refractivity (Wildman–Crippen MR) is 132 cm³/mol. The van der Waals surface area contributed by atoms with Crippen molar-refractivity contribution in [1.82, 2.24) is 0 Å². The van der Waals surface area contributed by atoms with Gasteiger partial charge in [0.05, 0.1) is 13.2 Å². The van der Waals surface area contributed by atoms with Crippen LogP contribution in [0.3, 0.4) is 0 Å². The third kappa shape index (κ3) is 3.55. The highest BCUT2D eigenvalue weighted by Gasteiger charge is 2.64. The van der Waals surface area contributed by atoms with Crippen molar-refractivity contribution in [3.63, 3.8) is 0 Å². The molecule has 0 N–H and O–H groups in total. The van der Waals surface area contributed by atoms with Crippen molar-refractivity contribution in [3.05, 3.63) is 0 Å². The number of rotatable bonds is 5. The van der Waals surface area contributed by atoms with Crippen LogP contribution in [-0.2, 0) is 9.47 Å². The van der Waals surface area contributed by atoms with Crippen molar-refractivity contribution in [3.8, 4) is 0 Å². The maximum Gasteiger partial charge on any atom is 0.171 e. The Morgan fingerprint density at radius 1 is 0.750 bits per heavy atom. The largest absolute Gasteiger partial charge is 0.347 e. The Bertz CT molecular complexity index is 666. The maximum absolute atomic E-state index is 6.27. The van der Waals surface area contributed by atoms with Gasteiger partial charge in [-0.15, -0.1) is 0 Å². The Labute approximate surface area is 199 Å². The Hall–Kier alpha value is -0.0800. The summed E-state index contributed by atoms with van der Waals surface area (Å²) in [6.07, 6.45) is 15.6. The van der Waals surface area contributed by atoms with Crippen LogP contribution in [0.1, 0.15) is 112 Å². The van der Waals surface area contributed by atoms with Crippen molar-refractivity contribution in [2.24, 2.45) is 58.2 Å². The van der Waals surface area contributed by atoms with Gasteiger partial charge in [-0.1, -0.05) is 60.8 Å². The second kappa shape index (κ2) is 8.54. The maximum atomic E-state index is 6.27. The summed E-state index contributed by atoms with van der Waals surface area (Å²) in [5.74, 6) is 6.74. The summed E-state index contributed by atoms with van der Waals surface area (Å²) in [6.45, 7) is 16.9. The molecular formula is C30H52O2. The highest BCUT2D eigenvalue weighted by Crippen LogP contribution is 2.70. The van der Waals surface area contributed by atoms with E-state index in [0.717, 1.165) is 61.1 Å². The molecule has 1 heterocycles. The molecule has 0 aromatic rings. The molecule has 1 saturated heterocycles. The molecule has 4 saturated carbocycles. The molecule has 0 bridgehead atoms. The van der Waals surface area contributed by atoms with E-state index in [1.54, 1.807) is 0 Å². The second-order valence-corrected chi connectivity index (χ2v) is 13.9. The molecule has 0 aromatic heterocycles. The average Bonchev–Trinajstić information content (AvgIpc) is 3.36. The molecule has 0 amide bonds. The van der Waals surface area contributed by atoms with Gasteiger partial charge in [0.2, 0.25) is 0 Å². The normalized spacial score (nSPS) is 48.5. The van der Waals surface area contributed by atoms with Crippen LogP contribution in [0.4, 0.5) is 0 Å². The Kier molecular flexibility index (Phi) is 6.31. The third-order valence-corrected chi connectivity index (χ3v) is 12.2. The summed E-state index contributed by atoms with van der Waals surface area (Å²) >= 11 is 0. The van der Waals surface area contributed by atoms with Gasteiger partial charge < -0.3 is 9.47 Å². The lowest BCUT2D eigenvalue weighted by Crippen LogP contribution is -2.59. The van der Waals surface area contributed by atoms with E-state index in [1.807, 2.05) is 0 Å². The summed E-state index contributed by atoms with van der Waals surface area (Å²) < 4.78 is 12.5. The zero-order chi connectivity index (χ0) is 22.7. The molecule has 1 spiro atoms. The number of ether oxygens (including phenoxy) is 2. The van der Waals surface area contributed by atoms with Gasteiger partial charge in [-0.3, -0.25) is 0 Å². The Morgan fingerprint density at radius 2 is 1.44 bits per heavy atom. The molecule has 1 aliphatic heterocycles. The molecule has 0 unspecified atom stereocenters. The number of hydrogen-bond donors (Lipinski definition) is 0. The van der Waals surface area contributed by atoms with E-state index in [0.29, 0.717) is 16.7 Å². The van der Waals surface area contributed by atoms with E-state index in [1.165, 1.54) is 64.2 Å². The van der Waals surface area contributed by atoms with E-state index in [9.17, 15) is 0 Å². The predicted octanol–water partition coefficient (Wildman–Crippen LogP) is 8.10. The third-order valence-electron chi connectivity index (χ3n) is 12.2. The fourth-order valence-electron chi connectivity index (χ4n) is 10.6. The number of fused-ring (bicyclic) bond motifs is 5. The van der Waals surface area contributed by atoms with Crippen LogP contribution in [0.5, 0.6) is 0 Å². The van der Waals surface area contributed by atoms with Crippen LogP contribution >= 0.6 is 0 Å². The summed E-state index contributed by atoms with van der Waals surface area (Å²) in [6, 6.07) is 0. The standard InChI is InChI=1S/C30H52O2/c1-20(2)8-7-9-21(3)24-12-13-26-23-10-11-25-22(4)30(31-18-19-32-30)17-16-29(25,6)27(23)14-15-28(24,26)5/h20-27H,7-19H2,1-6H3/t21-,22+,23+,24-,25+,26+,27+,28-,29+/m1/s1. The lowest BCUT2D eigenvalue weighted by molar-refractivity contribution is -0.263. The minimum atomic E-state index is -0.246. The van der Waals surface area contributed by atoms with Gasteiger partial charge in [-0.25, -0.2) is 0 Å². The summed E-state index contributed by atoms with van der Waals surface area (Å²) in [5, 5.41) is 0. The van der Waals surface area contributed by atoms with Crippen LogP contribution < -0.4 is 0 Å². The van der Waals surface area contributed by atoms with Gasteiger partial charge in [0.15, 0.2) is 5.79 Å².